The van der Waals surface area contributed by atoms with Gasteiger partial charge in [-0.3, -0.25) is 5.10 Å². The standard InChI is InChI=1S/C21H17Cl2N5O3/c1-29-16-6-11(7-17(30-2)19(16)31-3)18-21(26-13-4-5-14(22)15(23)8-13)28-20(27-18)12(9-24)10-25-28/h4-8,10,25-26H,1-3H3. The maximum absolute atomic E-state index is 9.45. The Balaban J connectivity index is 1.94. The zero-order chi connectivity index (χ0) is 22.1. The van der Waals surface area contributed by atoms with Crippen LogP contribution in [0.15, 0.2) is 36.5 Å². The summed E-state index contributed by atoms with van der Waals surface area (Å²) in [6.07, 6.45) is 1.58. The molecule has 2 heterocycles. The molecule has 4 rings (SSSR count). The number of hydrogen-bond acceptors (Lipinski definition) is 6. The van der Waals surface area contributed by atoms with E-state index in [1.807, 2.05) is 0 Å². The molecule has 4 aromatic rings. The van der Waals surface area contributed by atoms with Crippen molar-refractivity contribution in [2.75, 3.05) is 26.6 Å². The third-order valence-electron chi connectivity index (χ3n) is 4.70. The second kappa shape index (κ2) is 8.30. The minimum atomic E-state index is 0.399. The van der Waals surface area contributed by atoms with Crippen LogP contribution in [0.2, 0.25) is 10.0 Å². The fraction of sp³-hybridized carbons (Fsp3) is 0.143. The number of H-pyrrole nitrogens is 1. The van der Waals surface area contributed by atoms with Crippen molar-refractivity contribution in [1.82, 2.24) is 14.6 Å². The number of nitrogens with one attached hydrogen (secondary N) is 2. The smallest absolute Gasteiger partial charge is 0.203 e. The van der Waals surface area contributed by atoms with Gasteiger partial charge in [-0.2, -0.15) is 5.26 Å². The first-order valence-corrected chi connectivity index (χ1v) is 9.78. The fourth-order valence-electron chi connectivity index (χ4n) is 3.25. The number of ether oxygens (including phenoxy) is 3. The number of nitriles is 1. The van der Waals surface area contributed by atoms with E-state index in [0.717, 1.165) is 0 Å². The lowest BCUT2D eigenvalue weighted by atomic mass is 10.1. The van der Waals surface area contributed by atoms with Gasteiger partial charge >= 0.3 is 0 Å². The SMILES string of the molecule is COc1cc(-c2nc3c(C#N)c[nH]n3c2Nc2ccc(Cl)c(Cl)c2)cc(OC)c1OC. The van der Waals surface area contributed by atoms with E-state index in [1.165, 1.54) is 7.11 Å². The molecule has 31 heavy (non-hydrogen) atoms. The summed E-state index contributed by atoms with van der Waals surface area (Å²) in [5, 5.41) is 16.7. The van der Waals surface area contributed by atoms with Gasteiger partial charge in [0.25, 0.3) is 0 Å². The molecule has 2 aromatic carbocycles. The largest absolute Gasteiger partial charge is 0.493 e. The number of rotatable bonds is 6. The Morgan fingerprint density at radius 2 is 1.74 bits per heavy atom. The third kappa shape index (κ3) is 3.58. The van der Waals surface area contributed by atoms with Gasteiger partial charge in [-0.05, 0) is 30.3 Å². The lowest BCUT2D eigenvalue weighted by Gasteiger charge is -2.14. The van der Waals surface area contributed by atoms with Crippen LogP contribution < -0.4 is 19.5 Å². The number of aromatic amines is 1. The highest BCUT2D eigenvalue weighted by Crippen LogP contribution is 2.43. The highest BCUT2D eigenvalue weighted by Gasteiger charge is 2.22. The van der Waals surface area contributed by atoms with Crippen molar-refractivity contribution in [3.05, 3.63) is 52.1 Å². The van der Waals surface area contributed by atoms with Gasteiger partial charge in [0.1, 0.15) is 17.3 Å². The van der Waals surface area contributed by atoms with Gasteiger partial charge in [0.2, 0.25) is 5.75 Å². The van der Waals surface area contributed by atoms with Gasteiger partial charge in [0.15, 0.2) is 23.0 Å². The second-order valence-electron chi connectivity index (χ2n) is 6.43. The van der Waals surface area contributed by atoms with Crippen molar-refractivity contribution >= 4 is 40.4 Å². The second-order valence-corrected chi connectivity index (χ2v) is 7.25. The van der Waals surface area contributed by atoms with Gasteiger partial charge in [0.05, 0.1) is 31.4 Å². The van der Waals surface area contributed by atoms with Gasteiger partial charge in [0, 0.05) is 17.4 Å². The number of aromatic nitrogens is 3. The van der Waals surface area contributed by atoms with E-state index < -0.39 is 0 Å². The molecule has 0 aliphatic carbocycles. The predicted octanol–water partition coefficient (Wildman–Crippen LogP) is 5.28. The monoisotopic (exact) mass is 457 g/mol. The molecule has 2 aromatic heterocycles. The number of halogens is 2. The molecular formula is C21H17Cl2N5O3. The van der Waals surface area contributed by atoms with E-state index in [2.05, 4.69) is 16.5 Å². The zero-order valence-electron chi connectivity index (χ0n) is 16.8. The molecule has 0 radical (unpaired) electrons. The minimum absolute atomic E-state index is 0.399. The van der Waals surface area contributed by atoms with Crippen molar-refractivity contribution < 1.29 is 14.2 Å². The summed E-state index contributed by atoms with van der Waals surface area (Å²) in [5.41, 5.74) is 2.81. The molecule has 158 valence electrons. The van der Waals surface area contributed by atoms with E-state index in [-0.39, 0.29) is 0 Å². The van der Waals surface area contributed by atoms with Crippen molar-refractivity contribution in [2.45, 2.75) is 0 Å². The number of benzene rings is 2. The number of nitrogens with zero attached hydrogens (tertiary/aromatic N) is 3. The number of hydrogen-bond donors (Lipinski definition) is 2. The van der Waals surface area contributed by atoms with Gasteiger partial charge in [-0.25, -0.2) is 9.50 Å². The maximum atomic E-state index is 9.45. The Morgan fingerprint density at radius 3 is 2.32 bits per heavy atom. The van der Waals surface area contributed by atoms with E-state index >= 15 is 0 Å². The molecule has 0 bridgehead atoms. The van der Waals surface area contributed by atoms with Crippen molar-refractivity contribution in [3.63, 3.8) is 0 Å². The molecular weight excluding hydrogens is 441 g/mol. The topological polar surface area (TPSA) is 96.6 Å². The summed E-state index contributed by atoms with van der Waals surface area (Å²) in [7, 11) is 4.62. The summed E-state index contributed by atoms with van der Waals surface area (Å²) in [4.78, 5) is 4.69. The van der Waals surface area contributed by atoms with Crippen LogP contribution in [0.3, 0.4) is 0 Å². The van der Waals surface area contributed by atoms with Crippen molar-refractivity contribution in [1.29, 1.82) is 5.26 Å². The number of anilines is 2. The summed E-state index contributed by atoms with van der Waals surface area (Å²) in [6.45, 7) is 0. The lowest BCUT2D eigenvalue weighted by molar-refractivity contribution is 0.324. The molecule has 0 fully saturated rings. The molecule has 0 atom stereocenters. The summed E-state index contributed by atoms with van der Waals surface area (Å²) >= 11 is 12.2. The number of imidazole rings is 1. The van der Waals surface area contributed by atoms with Gasteiger partial charge in [-0.15, -0.1) is 0 Å². The Morgan fingerprint density at radius 1 is 1.03 bits per heavy atom. The van der Waals surface area contributed by atoms with Crippen LogP contribution >= 0.6 is 23.2 Å². The Labute approximate surface area is 187 Å². The molecule has 8 nitrogen and oxygen atoms in total. The van der Waals surface area contributed by atoms with Crippen LogP contribution in [0.4, 0.5) is 11.5 Å². The molecule has 0 amide bonds. The molecule has 0 aliphatic rings. The number of fused-ring (bicyclic) bond motifs is 1. The molecule has 0 aliphatic heterocycles. The van der Waals surface area contributed by atoms with E-state index in [4.69, 9.17) is 42.4 Å². The Kier molecular flexibility index (Phi) is 5.55. The van der Waals surface area contributed by atoms with Crippen LogP contribution in [0.25, 0.3) is 16.9 Å². The molecule has 0 saturated heterocycles. The first-order valence-electron chi connectivity index (χ1n) is 9.03. The molecule has 0 unspecified atom stereocenters. The quantitative estimate of drug-likeness (QED) is 0.408. The third-order valence-corrected chi connectivity index (χ3v) is 5.44. The van der Waals surface area contributed by atoms with Gasteiger partial charge in [-0.1, -0.05) is 23.2 Å². The normalized spacial score (nSPS) is 10.7. The highest BCUT2D eigenvalue weighted by atomic mass is 35.5. The lowest BCUT2D eigenvalue weighted by Crippen LogP contribution is -1.99. The van der Waals surface area contributed by atoms with Crippen LogP contribution in [-0.4, -0.2) is 35.9 Å². The molecule has 0 saturated carbocycles. The zero-order valence-corrected chi connectivity index (χ0v) is 18.3. The average Bonchev–Trinajstić information content (AvgIpc) is 3.34. The Hall–Kier alpha value is -3.54. The summed E-state index contributed by atoms with van der Waals surface area (Å²) in [5.74, 6) is 2.02. The average molecular weight is 458 g/mol. The fourth-order valence-corrected chi connectivity index (χ4v) is 3.55. The van der Waals surface area contributed by atoms with Gasteiger partial charge < -0.3 is 19.5 Å². The van der Waals surface area contributed by atoms with Crippen LogP contribution in [-0.2, 0) is 0 Å². The van der Waals surface area contributed by atoms with E-state index in [1.54, 1.807) is 55.3 Å². The summed E-state index contributed by atoms with van der Waals surface area (Å²) < 4.78 is 18.0. The predicted molar refractivity (Wildman–Crippen MR) is 119 cm³/mol. The van der Waals surface area contributed by atoms with Crippen LogP contribution in [0, 0.1) is 11.3 Å². The number of methoxy groups -OCH3 is 3. The van der Waals surface area contributed by atoms with Crippen LogP contribution in [0.1, 0.15) is 5.56 Å². The Bertz CT molecular complexity index is 1300. The maximum Gasteiger partial charge on any atom is 0.203 e. The van der Waals surface area contributed by atoms with Crippen LogP contribution in [0.5, 0.6) is 17.2 Å². The molecule has 10 heteroatoms. The first kappa shape index (κ1) is 20.7. The minimum Gasteiger partial charge on any atom is -0.493 e. The first-order chi connectivity index (χ1) is 15.0. The van der Waals surface area contributed by atoms with Crippen molar-refractivity contribution in [3.8, 4) is 34.6 Å². The highest BCUT2D eigenvalue weighted by molar-refractivity contribution is 6.42. The molecule has 2 N–H and O–H groups in total. The molecule has 0 spiro atoms. The summed E-state index contributed by atoms with van der Waals surface area (Å²) in [6, 6.07) is 10.9. The van der Waals surface area contributed by atoms with E-state index in [0.29, 0.717) is 61.3 Å². The van der Waals surface area contributed by atoms with Crippen molar-refractivity contribution in [2.24, 2.45) is 0 Å². The van der Waals surface area contributed by atoms with E-state index in [9.17, 15) is 5.26 Å².